The summed E-state index contributed by atoms with van der Waals surface area (Å²) in [6.45, 7) is 10.6. The molecule has 3 atom stereocenters. The number of carbonyl (C=O) groups excluding carboxylic acids is 3. The molecule has 0 aliphatic carbocycles. The highest BCUT2D eigenvalue weighted by Gasteiger charge is 2.46. The summed E-state index contributed by atoms with van der Waals surface area (Å²) in [6.07, 6.45) is 3.85. The molecule has 0 spiro atoms. The van der Waals surface area contributed by atoms with Crippen LogP contribution < -0.4 is 9.47 Å². The van der Waals surface area contributed by atoms with Crippen molar-refractivity contribution in [3.63, 3.8) is 0 Å². The first-order valence-electron chi connectivity index (χ1n) is 11.2. The summed E-state index contributed by atoms with van der Waals surface area (Å²) in [6, 6.07) is -0.0496. The van der Waals surface area contributed by atoms with E-state index in [1.54, 1.807) is 6.08 Å². The minimum absolute atomic E-state index is 0.0187. The smallest absolute Gasteiger partial charge is 0.411 e. The van der Waals surface area contributed by atoms with Gasteiger partial charge in [-0.05, 0) is 24.5 Å². The van der Waals surface area contributed by atoms with Gasteiger partial charge < -0.3 is 23.7 Å². The Bertz CT molecular complexity index is 1030. The lowest BCUT2D eigenvalue weighted by atomic mass is 9.83. The molecule has 0 saturated carbocycles. The molecule has 35 heavy (non-hydrogen) atoms. The average Bonchev–Trinajstić information content (AvgIpc) is 2.83. The maximum absolute atomic E-state index is 13.4. The van der Waals surface area contributed by atoms with E-state index in [1.807, 2.05) is 13.0 Å². The van der Waals surface area contributed by atoms with Crippen molar-refractivity contribution < 1.29 is 38.1 Å². The van der Waals surface area contributed by atoms with Gasteiger partial charge in [-0.25, -0.2) is 9.59 Å². The van der Waals surface area contributed by atoms with E-state index in [0.717, 1.165) is 17.3 Å². The van der Waals surface area contributed by atoms with Crippen LogP contribution in [0.4, 0.5) is 4.79 Å². The van der Waals surface area contributed by atoms with E-state index in [2.05, 4.69) is 18.2 Å². The number of benzene rings is 1. The number of ether oxygens (including phenoxy) is 5. The van der Waals surface area contributed by atoms with Crippen LogP contribution in [0.5, 0.6) is 11.5 Å². The Kier molecular flexibility index (Phi) is 8.51. The molecule has 1 amide bonds. The molecule has 188 valence electrons. The Balaban J connectivity index is 2.24. The molecule has 1 unspecified atom stereocenters. The van der Waals surface area contributed by atoms with Gasteiger partial charge in [0.05, 0.1) is 19.2 Å². The molecule has 3 rings (SSSR count). The highest BCUT2D eigenvalue weighted by Crippen LogP contribution is 2.48. The summed E-state index contributed by atoms with van der Waals surface area (Å²) >= 11 is 0. The maximum atomic E-state index is 13.4. The molecule has 1 aromatic carbocycles. The molecule has 0 N–H and O–H groups in total. The Labute approximate surface area is 204 Å². The molecule has 0 saturated heterocycles. The van der Waals surface area contributed by atoms with Crippen molar-refractivity contribution in [1.82, 2.24) is 4.90 Å². The third-order valence-electron chi connectivity index (χ3n) is 5.69. The lowest BCUT2D eigenvalue weighted by Gasteiger charge is -2.45. The van der Waals surface area contributed by atoms with Crippen molar-refractivity contribution in [2.75, 3.05) is 33.5 Å². The molecular formula is C25H30N2O8. The van der Waals surface area contributed by atoms with E-state index in [4.69, 9.17) is 23.7 Å². The largest absolute Gasteiger partial charge is 0.493 e. The Morgan fingerprint density at radius 2 is 1.97 bits per heavy atom. The molecule has 1 aromatic rings. The fourth-order valence-corrected chi connectivity index (χ4v) is 4.38. The van der Waals surface area contributed by atoms with Crippen LogP contribution in [-0.2, 0) is 30.2 Å². The fourth-order valence-electron chi connectivity index (χ4n) is 4.38. The molecule has 10 heteroatoms. The predicted octanol–water partition coefficient (Wildman–Crippen LogP) is 2.72. The molecule has 10 nitrogen and oxygen atoms in total. The zero-order valence-corrected chi connectivity index (χ0v) is 20.2. The number of hydrogen-bond donors (Lipinski definition) is 0. The second kappa shape index (κ2) is 11.5. The van der Waals surface area contributed by atoms with Gasteiger partial charge in [0.2, 0.25) is 0 Å². The second-order valence-corrected chi connectivity index (χ2v) is 8.08. The molecule has 2 heterocycles. The van der Waals surface area contributed by atoms with Crippen molar-refractivity contribution in [2.24, 2.45) is 4.99 Å². The summed E-state index contributed by atoms with van der Waals surface area (Å²) in [7, 11) is 1.54. The minimum Gasteiger partial charge on any atom is -0.493 e. The Morgan fingerprint density at radius 3 is 2.57 bits per heavy atom. The van der Waals surface area contributed by atoms with Crippen molar-refractivity contribution in [3.8, 4) is 11.5 Å². The third-order valence-corrected chi connectivity index (χ3v) is 5.69. The van der Waals surface area contributed by atoms with E-state index >= 15 is 0 Å². The summed E-state index contributed by atoms with van der Waals surface area (Å²) in [4.78, 5) is 42.5. The third kappa shape index (κ3) is 5.64. The van der Waals surface area contributed by atoms with Crippen molar-refractivity contribution in [2.45, 2.75) is 38.4 Å². The molecule has 0 radical (unpaired) electrons. The highest BCUT2D eigenvalue weighted by molar-refractivity contribution is 6.23. The van der Waals surface area contributed by atoms with Crippen LogP contribution in [-0.4, -0.2) is 74.8 Å². The van der Waals surface area contributed by atoms with Gasteiger partial charge in [-0.15, -0.1) is 0 Å². The Morgan fingerprint density at radius 1 is 1.23 bits per heavy atom. The number of amides is 1. The van der Waals surface area contributed by atoms with Crippen LogP contribution >= 0.6 is 0 Å². The van der Waals surface area contributed by atoms with Gasteiger partial charge in [0.25, 0.3) is 0 Å². The van der Waals surface area contributed by atoms with Gasteiger partial charge >= 0.3 is 18.0 Å². The number of fused-ring (bicyclic) bond motifs is 1. The Hall–Kier alpha value is -3.82. The maximum Gasteiger partial charge on any atom is 0.411 e. The highest BCUT2D eigenvalue weighted by atomic mass is 16.6. The van der Waals surface area contributed by atoms with Crippen molar-refractivity contribution >= 4 is 24.2 Å². The quantitative estimate of drug-likeness (QED) is 0.297. The number of aliphatic imine (C=N–C) groups is 1. The lowest BCUT2D eigenvalue weighted by molar-refractivity contribution is -0.143. The average molecular weight is 487 g/mol. The molecule has 0 fully saturated rings. The number of cyclic esters (lactones) is 1. The first kappa shape index (κ1) is 25.8. The minimum atomic E-state index is -0.768. The summed E-state index contributed by atoms with van der Waals surface area (Å²) in [5, 5.41) is 0. The van der Waals surface area contributed by atoms with Crippen LogP contribution in [0.25, 0.3) is 0 Å². The molecule has 2 aliphatic rings. The van der Waals surface area contributed by atoms with Crippen LogP contribution in [0.2, 0.25) is 0 Å². The number of aryl methyl sites for hydroxylation is 1. The van der Waals surface area contributed by atoms with Gasteiger partial charge in [-0.1, -0.05) is 31.4 Å². The topological polar surface area (TPSA) is 113 Å². The van der Waals surface area contributed by atoms with Crippen LogP contribution in [0.3, 0.4) is 0 Å². The monoisotopic (exact) mass is 486 g/mol. The number of esters is 2. The summed E-state index contributed by atoms with van der Waals surface area (Å²) in [5.41, 5.74) is 2.35. The molecule has 0 bridgehead atoms. The number of rotatable bonds is 9. The molecule has 2 aliphatic heterocycles. The number of hydrogen-bond acceptors (Lipinski definition) is 9. The molecular weight excluding hydrogens is 456 g/mol. The van der Waals surface area contributed by atoms with Crippen LogP contribution in [0.1, 0.15) is 29.7 Å². The number of nitrogens with zero attached hydrogens (tertiary/aromatic N) is 2. The fraction of sp³-hybridized carbons (Fsp3) is 0.440. The van der Waals surface area contributed by atoms with Gasteiger partial charge in [0.1, 0.15) is 38.7 Å². The zero-order chi connectivity index (χ0) is 25.5. The summed E-state index contributed by atoms with van der Waals surface area (Å²) < 4.78 is 27.7. The van der Waals surface area contributed by atoms with Gasteiger partial charge in [-0.3, -0.25) is 14.7 Å². The van der Waals surface area contributed by atoms with Crippen molar-refractivity contribution in [1.29, 1.82) is 0 Å². The number of methoxy groups -OCH3 is 1. The molecule has 0 aromatic heterocycles. The van der Waals surface area contributed by atoms with Crippen LogP contribution in [0.15, 0.2) is 36.4 Å². The summed E-state index contributed by atoms with van der Waals surface area (Å²) in [5.74, 6) is -0.103. The second-order valence-electron chi connectivity index (χ2n) is 8.08. The van der Waals surface area contributed by atoms with E-state index in [0.29, 0.717) is 23.5 Å². The first-order valence-corrected chi connectivity index (χ1v) is 11.2. The van der Waals surface area contributed by atoms with Crippen LogP contribution in [0, 0.1) is 6.92 Å². The first-order chi connectivity index (χ1) is 16.8. The van der Waals surface area contributed by atoms with Crippen molar-refractivity contribution in [3.05, 3.63) is 48.1 Å². The SMILES string of the molecule is C=CCOC(=O)N1[C@H](COC(C)=O)Cc2cc(C)c(OC)c(OCC=C)c2[C@@H]1C1COC(=O)C=N1. The normalized spacial score (nSPS) is 20.8. The van der Waals surface area contributed by atoms with E-state index in [-0.39, 0.29) is 26.4 Å². The zero-order valence-electron chi connectivity index (χ0n) is 20.2. The van der Waals surface area contributed by atoms with Gasteiger partial charge in [0, 0.05) is 12.5 Å². The van der Waals surface area contributed by atoms with E-state index < -0.39 is 36.2 Å². The lowest BCUT2D eigenvalue weighted by Crippen LogP contribution is -2.54. The van der Waals surface area contributed by atoms with E-state index in [9.17, 15) is 14.4 Å². The predicted molar refractivity (Wildman–Crippen MR) is 127 cm³/mol. The number of carbonyl (C=O) groups is 3. The van der Waals surface area contributed by atoms with Gasteiger partial charge in [-0.2, -0.15) is 0 Å². The standard InChI is InChI=1S/C25H30N2O8/c1-6-8-32-24-21-17(10-15(3)23(24)31-5)11-18(13-34-16(4)28)27(25(30)33-9-7-2)22(21)19-14-35-20(29)12-26-19/h6-7,10,12,18-19,22H,1-2,8-9,11,13-14H2,3-5H3/t18-,19?,22-/m0/s1. The van der Waals surface area contributed by atoms with Gasteiger partial charge in [0.15, 0.2) is 11.5 Å². The van der Waals surface area contributed by atoms with E-state index in [1.165, 1.54) is 25.0 Å².